The van der Waals surface area contributed by atoms with Crippen molar-refractivity contribution in [1.29, 1.82) is 0 Å². The number of aliphatic hydroxyl groups is 1. The predicted octanol–water partition coefficient (Wildman–Crippen LogP) is 3.16. The van der Waals surface area contributed by atoms with Crippen LogP contribution in [-0.4, -0.2) is 21.3 Å². The number of hydrogen-bond acceptors (Lipinski definition) is 3. The number of aromatic nitrogens is 2. The van der Waals surface area contributed by atoms with Gasteiger partial charge in [0.2, 0.25) is 0 Å². The molecule has 116 valence electrons. The molecule has 0 saturated carbocycles. The summed E-state index contributed by atoms with van der Waals surface area (Å²) in [5, 5.41) is 9.84. The van der Waals surface area contributed by atoms with Crippen LogP contribution in [0, 0.1) is 3.57 Å². The summed E-state index contributed by atoms with van der Waals surface area (Å²) in [4.78, 5) is 17.2. The van der Waals surface area contributed by atoms with Gasteiger partial charge >= 0.3 is 0 Å². The Morgan fingerprint density at radius 3 is 2.65 bits per heavy atom. The van der Waals surface area contributed by atoms with E-state index in [2.05, 4.69) is 27.6 Å². The fourth-order valence-electron chi connectivity index (χ4n) is 2.39. The lowest BCUT2D eigenvalue weighted by Crippen LogP contribution is -2.25. The Hall–Kier alpha value is -1.99. The summed E-state index contributed by atoms with van der Waals surface area (Å²) < 4.78 is 2.50. The van der Waals surface area contributed by atoms with Crippen LogP contribution in [0.5, 0.6) is 0 Å². The molecule has 1 aromatic heterocycles. The molecular formula is C18H15IN2O2. The molecule has 1 heterocycles. The first-order valence-electron chi connectivity index (χ1n) is 7.23. The van der Waals surface area contributed by atoms with E-state index in [4.69, 9.17) is 0 Å². The molecule has 3 aromatic rings. The molecule has 23 heavy (non-hydrogen) atoms. The number of halogens is 1. The molecule has 0 aliphatic carbocycles. The average molecular weight is 418 g/mol. The first kappa shape index (κ1) is 15.9. The van der Waals surface area contributed by atoms with Crippen LogP contribution in [0.1, 0.15) is 11.4 Å². The topological polar surface area (TPSA) is 55.1 Å². The second-order valence-electron chi connectivity index (χ2n) is 5.06. The average Bonchev–Trinajstić information content (AvgIpc) is 2.57. The van der Waals surface area contributed by atoms with Crippen molar-refractivity contribution >= 4 is 45.6 Å². The smallest absolute Gasteiger partial charge is 0.261 e. The fraction of sp³-hybridized carbons (Fsp3) is 0.111. The molecule has 0 aliphatic heterocycles. The van der Waals surface area contributed by atoms with Crippen molar-refractivity contribution < 1.29 is 5.11 Å². The zero-order valence-electron chi connectivity index (χ0n) is 12.3. The lowest BCUT2D eigenvalue weighted by Gasteiger charge is -2.10. The third-order valence-corrected chi connectivity index (χ3v) is 4.16. The van der Waals surface area contributed by atoms with Gasteiger partial charge in [0.25, 0.3) is 5.56 Å². The summed E-state index contributed by atoms with van der Waals surface area (Å²) in [6.07, 6.45) is 3.72. The summed E-state index contributed by atoms with van der Waals surface area (Å²) in [6, 6.07) is 15.4. The lowest BCUT2D eigenvalue weighted by atomic mass is 10.2. The molecule has 0 spiro atoms. The zero-order chi connectivity index (χ0) is 16.2. The highest BCUT2D eigenvalue weighted by atomic mass is 127. The van der Waals surface area contributed by atoms with E-state index in [1.54, 1.807) is 0 Å². The second kappa shape index (κ2) is 7.06. The summed E-state index contributed by atoms with van der Waals surface area (Å²) >= 11 is 2.17. The van der Waals surface area contributed by atoms with E-state index in [1.165, 1.54) is 4.57 Å². The van der Waals surface area contributed by atoms with E-state index >= 15 is 0 Å². The molecule has 1 N–H and O–H groups in total. The maximum atomic E-state index is 12.7. The van der Waals surface area contributed by atoms with Gasteiger partial charge in [-0.2, -0.15) is 0 Å². The Kier molecular flexibility index (Phi) is 4.88. The molecule has 0 unspecified atom stereocenters. The lowest BCUT2D eigenvalue weighted by molar-refractivity contribution is 0.273. The van der Waals surface area contributed by atoms with Crippen molar-refractivity contribution in [1.82, 2.24) is 9.55 Å². The van der Waals surface area contributed by atoms with Crippen LogP contribution in [-0.2, 0) is 6.54 Å². The second-order valence-corrected chi connectivity index (χ2v) is 6.30. The van der Waals surface area contributed by atoms with Crippen molar-refractivity contribution in [3.05, 3.63) is 73.8 Å². The van der Waals surface area contributed by atoms with Crippen LogP contribution in [0.3, 0.4) is 0 Å². The minimum atomic E-state index is -0.129. The Morgan fingerprint density at radius 1 is 1.13 bits per heavy atom. The van der Waals surface area contributed by atoms with Crippen molar-refractivity contribution in [3.63, 3.8) is 0 Å². The maximum Gasteiger partial charge on any atom is 0.261 e. The number of hydrogen-bond donors (Lipinski definition) is 1. The van der Waals surface area contributed by atoms with Gasteiger partial charge in [0.15, 0.2) is 0 Å². The van der Waals surface area contributed by atoms with Gasteiger partial charge in [-0.1, -0.05) is 36.4 Å². The molecule has 0 saturated heterocycles. The number of fused-ring (bicyclic) bond motifs is 1. The third kappa shape index (κ3) is 3.51. The predicted molar refractivity (Wildman–Crippen MR) is 101 cm³/mol. The highest BCUT2D eigenvalue weighted by molar-refractivity contribution is 14.1. The molecule has 0 aliphatic rings. The number of nitrogens with zero attached hydrogens (tertiary/aromatic N) is 2. The van der Waals surface area contributed by atoms with E-state index in [0.717, 1.165) is 9.13 Å². The molecule has 4 nitrogen and oxygen atoms in total. The molecule has 0 atom stereocenters. The molecule has 0 radical (unpaired) electrons. The van der Waals surface area contributed by atoms with Gasteiger partial charge in [0, 0.05) is 3.57 Å². The van der Waals surface area contributed by atoms with E-state index in [9.17, 15) is 9.90 Å². The number of aliphatic hydroxyl groups excluding tert-OH is 1. The minimum absolute atomic E-state index is 0.108. The van der Waals surface area contributed by atoms with Gasteiger partial charge in [-0.3, -0.25) is 9.36 Å². The van der Waals surface area contributed by atoms with Gasteiger partial charge in [0.05, 0.1) is 24.1 Å². The Labute approximate surface area is 147 Å². The Balaban J connectivity index is 2.15. The highest BCUT2D eigenvalue weighted by Crippen LogP contribution is 2.14. The molecule has 0 bridgehead atoms. The quantitative estimate of drug-likeness (QED) is 0.663. The van der Waals surface area contributed by atoms with Crippen LogP contribution in [0.25, 0.3) is 23.1 Å². The molecular weight excluding hydrogens is 403 g/mol. The minimum Gasteiger partial charge on any atom is -0.395 e. The first-order valence-corrected chi connectivity index (χ1v) is 8.31. The van der Waals surface area contributed by atoms with Crippen LogP contribution < -0.4 is 5.56 Å². The standard InChI is InChI=1S/C18H15IN2O2/c19-14-7-8-16-15(12-14)18(23)21(10-11-22)17(20-16)9-6-13-4-2-1-3-5-13/h1-9,12,22H,10-11H2. The Bertz CT molecular complexity index is 917. The van der Waals surface area contributed by atoms with Crippen LogP contribution in [0.2, 0.25) is 0 Å². The zero-order valence-corrected chi connectivity index (χ0v) is 14.5. The fourth-order valence-corrected chi connectivity index (χ4v) is 2.88. The van der Waals surface area contributed by atoms with E-state index < -0.39 is 0 Å². The summed E-state index contributed by atoms with van der Waals surface area (Å²) in [5.74, 6) is 0.543. The summed E-state index contributed by atoms with van der Waals surface area (Å²) in [6.45, 7) is 0.116. The molecule has 0 amide bonds. The van der Waals surface area contributed by atoms with Crippen LogP contribution >= 0.6 is 22.6 Å². The maximum absolute atomic E-state index is 12.7. The van der Waals surface area contributed by atoms with Gasteiger partial charge in [-0.15, -0.1) is 0 Å². The highest BCUT2D eigenvalue weighted by Gasteiger charge is 2.09. The summed E-state index contributed by atoms with van der Waals surface area (Å²) in [5.41, 5.74) is 1.56. The SMILES string of the molecule is O=c1c2cc(I)ccc2nc(C=Cc2ccccc2)n1CCO. The van der Waals surface area contributed by atoms with E-state index in [1.807, 2.05) is 60.7 Å². The molecule has 0 fully saturated rings. The molecule has 3 rings (SSSR count). The Morgan fingerprint density at radius 2 is 1.91 bits per heavy atom. The van der Waals surface area contributed by atoms with Crippen LogP contribution in [0.15, 0.2) is 53.3 Å². The normalized spacial score (nSPS) is 11.4. The van der Waals surface area contributed by atoms with Crippen molar-refractivity contribution in [2.24, 2.45) is 0 Å². The van der Waals surface area contributed by atoms with Gasteiger partial charge in [0.1, 0.15) is 5.82 Å². The first-order chi connectivity index (χ1) is 11.2. The van der Waals surface area contributed by atoms with E-state index in [-0.39, 0.29) is 18.7 Å². The molecule has 5 heteroatoms. The monoisotopic (exact) mass is 418 g/mol. The number of benzene rings is 2. The van der Waals surface area contributed by atoms with Crippen LogP contribution in [0.4, 0.5) is 0 Å². The summed E-state index contributed by atoms with van der Waals surface area (Å²) in [7, 11) is 0. The van der Waals surface area contributed by atoms with E-state index in [0.29, 0.717) is 16.7 Å². The largest absolute Gasteiger partial charge is 0.395 e. The molecule has 2 aromatic carbocycles. The van der Waals surface area contributed by atoms with Gasteiger partial charge < -0.3 is 5.11 Å². The number of rotatable bonds is 4. The van der Waals surface area contributed by atoms with Gasteiger partial charge in [-0.25, -0.2) is 4.98 Å². The third-order valence-electron chi connectivity index (χ3n) is 3.49. The van der Waals surface area contributed by atoms with Crippen molar-refractivity contribution in [3.8, 4) is 0 Å². The van der Waals surface area contributed by atoms with Crippen molar-refractivity contribution in [2.45, 2.75) is 6.54 Å². The van der Waals surface area contributed by atoms with Gasteiger partial charge in [-0.05, 0) is 52.4 Å². The van der Waals surface area contributed by atoms with Crippen molar-refractivity contribution in [2.75, 3.05) is 6.61 Å².